The number of anilines is 4. The van der Waals surface area contributed by atoms with Crippen LogP contribution in [0.4, 0.5) is 27.5 Å². The van der Waals surface area contributed by atoms with Crippen LogP contribution in [0.25, 0.3) is 0 Å². The molecule has 10 nitrogen and oxygen atoms in total. The van der Waals surface area contributed by atoms with Crippen molar-refractivity contribution in [2.75, 3.05) is 31.3 Å². The molecule has 13 heteroatoms. The van der Waals surface area contributed by atoms with Crippen molar-refractivity contribution in [1.29, 1.82) is 0 Å². The standard InChI is InChI=1S/C21H22ClFN6O4S/c1-12-10-25-21(27-14-4-6-15(22)18(9-14)34(24,31)32)28-20(12)26-13-5-7-17(16(23)8-13)33-11-19(30)29(2)3/h4-10H,11H2,1-3H3,(H2,24,31,32)(H2,25,26,27,28). The maximum atomic E-state index is 14.4. The van der Waals surface area contributed by atoms with Crippen LogP contribution in [-0.2, 0) is 14.8 Å². The van der Waals surface area contributed by atoms with Gasteiger partial charge in [-0.05, 0) is 37.3 Å². The Morgan fingerprint density at radius 3 is 2.50 bits per heavy atom. The predicted octanol–water partition coefficient (Wildman–Crippen LogP) is 3.18. The number of likely N-dealkylation sites (N-methyl/N-ethyl adjacent to an activating group) is 1. The zero-order chi connectivity index (χ0) is 25.0. The second kappa shape index (κ2) is 10.2. The van der Waals surface area contributed by atoms with Gasteiger partial charge in [-0.1, -0.05) is 11.6 Å². The van der Waals surface area contributed by atoms with Crippen molar-refractivity contribution in [3.05, 3.63) is 59.0 Å². The highest BCUT2D eigenvalue weighted by Gasteiger charge is 2.15. The SMILES string of the molecule is Cc1cnc(Nc2ccc(Cl)c(S(N)(=O)=O)c2)nc1Nc1ccc(OCC(=O)N(C)C)c(F)c1. The van der Waals surface area contributed by atoms with Gasteiger partial charge in [0.1, 0.15) is 10.7 Å². The lowest BCUT2D eigenvalue weighted by Gasteiger charge is -2.14. The summed E-state index contributed by atoms with van der Waals surface area (Å²) < 4.78 is 43.0. The van der Waals surface area contributed by atoms with E-state index >= 15 is 0 Å². The average molecular weight is 509 g/mol. The summed E-state index contributed by atoms with van der Waals surface area (Å²) in [6, 6.07) is 8.38. The molecule has 1 heterocycles. The Bertz CT molecular complexity index is 1340. The van der Waals surface area contributed by atoms with Crippen molar-refractivity contribution in [2.24, 2.45) is 5.14 Å². The number of hydrogen-bond acceptors (Lipinski definition) is 8. The van der Waals surface area contributed by atoms with Crippen LogP contribution < -0.4 is 20.5 Å². The highest BCUT2D eigenvalue weighted by Crippen LogP contribution is 2.27. The molecule has 4 N–H and O–H groups in total. The Morgan fingerprint density at radius 1 is 1.18 bits per heavy atom. The van der Waals surface area contributed by atoms with Crippen LogP contribution in [0.2, 0.25) is 5.02 Å². The molecular formula is C21H22ClFN6O4S. The fourth-order valence-electron chi connectivity index (χ4n) is 2.66. The van der Waals surface area contributed by atoms with Gasteiger partial charge in [-0.15, -0.1) is 0 Å². The van der Waals surface area contributed by atoms with E-state index in [1.54, 1.807) is 33.2 Å². The van der Waals surface area contributed by atoms with Crippen LogP contribution in [0.3, 0.4) is 0 Å². The molecule has 0 radical (unpaired) electrons. The van der Waals surface area contributed by atoms with Crippen LogP contribution in [-0.4, -0.2) is 49.9 Å². The Kier molecular flexibility index (Phi) is 7.54. The Hall–Kier alpha value is -3.48. The van der Waals surface area contributed by atoms with E-state index in [4.69, 9.17) is 21.5 Å². The molecule has 0 spiro atoms. The highest BCUT2D eigenvalue weighted by atomic mass is 35.5. The normalized spacial score (nSPS) is 11.1. The minimum absolute atomic E-state index is 0.0132. The largest absolute Gasteiger partial charge is 0.481 e. The smallest absolute Gasteiger partial charge is 0.259 e. The molecule has 0 bridgehead atoms. The van der Waals surface area contributed by atoms with Crippen molar-refractivity contribution in [2.45, 2.75) is 11.8 Å². The summed E-state index contributed by atoms with van der Waals surface area (Å²) in [5, 5.41) is 11.0. The second-order valence-electron chi connectivity index (χ2n) is 7.39. The quantitative estimate of drug-likeness (QED) is 0.421. The summed E-state index contributed by atoms with van der Waals surface area (Å²) >= 11 is 5.91. The molecule has 2 aromatic carbocycles. The Labute approximate surface area is 201 Å². The molecule has 0 saturated heterocycles. The van der Waals surface area contributed by atoms with Gasteiger partial charge in [0.25, 0.3) is 5.91 Å². The Morgan fingerprint density at radius 2 is 1.85 bits per heavy atom. The summed E-state index contributed by atoms with van der Waals surface area (Å²) in [7, 11) is -0.862. The number of rotatable bonds is 8. The third-order valence-corrected chi connectivity index (χ3v) is 5.90. The number of aryl methyl sites for hydroxylation is 1. The minimum Gasteiger partial charge on any atom is -0.481 e. The summed E-state index contributed by atoms with van der Waals surface area (Å²) in [6.45, 7) is 1.48. The maximum absolute atomic E-state index is 14.4. The molecule has 3 aromatic rings. The van der Waals surface area contributed by atoms with Gasteiger partial charge >= 0.3 is 0 Å². The van der Waals surface area contributed by atoms with Gasteiger partial charge < -0.3 is 20.3 Å². The van der Waals surface area contributed by atoms with Gasteiger partial charge in [-0.25, -0.2) is 22.9 Å². The molecule has 34 heavy (non-hydrogen) atoms. The number of amides is 1. The number of hydrogen-bond donors (Lipinski definition) is 3. The molecule has 0 aliphatic rings. The summed E-state index contributed by atoms with van der Waals surface area (Å²) in [4.78, 5) is 21.3. The number of nitrogens with zero attached hydrogens (tertiary/aromatic N) is 3. The number of carbonyl (C=O) groups is 1. The zero-order valence-electron chi connectivity index (χ0n) is 18.5. The molecule has 0 atom stereocenters. The van der Waals surface area contributed by atoms with E-state index in [1.807, 2.05) is 0 Å². The van der Waals surface area contributed by atoms with Gasteiger partial charge in [0.05, 0.1) is 5.02 Å². The molecule has 0 aliphatic carbocycles. The number of nitrogens with two attached hydrogens (primary N) is 1. The number of aromatic nitrogens is 2. The van der Waals surface area contributed by atoms with E-state index in [-0.39, 0.29) is 34.1 Å². The van der Waals surface area contributed by atoms with E-state index in [9.17, 15) is 17.6 Å². The lowest BCUT2D eigenvalue weighted by Crippen LogP contribution is -2.27. The first kappa shape index (κ1) is 25.1. The number of benzene rings is 2. The van der Waals surface area contributed by atoms with Crippen molar-refractivity contribution in [3.63, 3.8) is 0 Å². The third-order valence-electron chi connectivity index (χ3n) is 4.51. The maximum Gasteiger partial charge on any atom is 0.259 e. The topological polar surface area (TPSA) is 140 Å². The van der Waals surface area contributed by atoms with Crippen molar-refractivity contribution >= 4 is 50.7 Å². The van der Waals surface area contributed by atoms with Crippen LogP contribution in [0, 0.1) is 12.7 Å². The second-order valence-corrected chi connectivity index (χ2v) is 9.32. The summed E-state index contributed by atoms with van der Waals surface area (Å²) in [6.07, 6.45) is 1.54. The first-order chi connectivity index (χ1) is 15.9. The minimum atomic E-state index is -4.02. The number of nitrogens with one attached hydrogen (secondary N) is 2. The van der Waals surface area contributed by atoms with Gasteiger partial charge in [0.2, 0.25) is 16.0 Å². The third kappa shape index (κ3) is 6.31. The highest BCUT2D eigenvalue weighted by molar-refractivity contribution is 7.89. The van der Waals surface area contributed by atoms with Crippen molar-refractivity contribution < 1.29 is 22.3 Å². The zero-order valence-corrected chi connectivity index (χ0v) is 20.0. The van der Waals surface area contributed by atoms with E-state index in [1.165, 1.54) is 35.4 Å². The molecule has 0 fully saturated rings. The molecule has 180 valence electrons. The number of carbonyl (C=O) groups excluding carboxylic acids is 1. The molecule has 1 amide bonds. The van der Waals surface area contributed by atoms with Crippen LogP contribution in [0.15, 0.2) is 47.5 Å². The molecule has 3 rings (SSSR count). The average Bonchev–Trinajstić information content (AvgIpc) is 2.75. The van der Waals surface area contributed by atoms with Gasteiger partial charge in [-0.2, -0.15) is 4.98 Å². The molecular weight excluding hydrogens is 487 g/mol. The fraction of sp³-hybridized carbons (Fsp3) is 0.190. The van der Waals surface area contributed by atoms with Crippen LogP contribution in [0.5, 0.6) is 5.75 Å². The first-order valence-electron chi connectivity index (χ1n) is 9.76. The number of sulfonamides is 1. The van der Waals surface area contributed by atoms with E-state index in [2.05, 4.69) is 20.6 Å². The number of halogens is 2. The predicted molar refractivity (Wildman–Crippen MR) is 127 cm³/mol. The van der Waals surface area contributed by atoms with E-state index in [0.29, 0.717) is 22.8 Å². The Balaban J connectivity index is 1.77. The van der Waals surface area contributed by atoms with Crippen LogP contribution in [0.1, 0.15) is 5.56 Å². The lowest BCUT2D eigenvalue weighted by molar-refractivity contribution is -0.130. The van der Waals surface area contributed by atoms with Crippen molar-refractivity contribution in [1.82, 2.24) is 14.9 Å². The summed E-state index contributed by atoms with van der Waals surface area (Å²) in [5.41, 5.74) is 1.41. The number of ether oxygens (including phenoxy) is 1. The number of primary sulfonamides is 1. The molecule has 1 aromatic heterocycles. The molecule has 0 aliphatic heterocycles. The first-order valence-corrected chi connectivity index (χ1v) is 11.7. The van der Waals surface area contributed by atoms with Gasteiger partial charge in [-0.3, -0.25) is 4.79 Å². The lowest BCUT2D eigenvalue weighted by atomic mass is 10.2. The monoisotopic (exact) mass is 508 g/mol. The van der Waals surface area contributed by atoms with Crippen molar-refractivity contribution in [3.8, 4) is 5.75 Å². The van der Waals surface area contributed by atoms with Gasteiger partial charge in [0.15, 0.2) is 18.2 Å². The molecule has 0 saturated carbocycles. The summed E-state index contributed by atoms with van der Waals surface area (Å²) in [5.74, 6) is -0.475. The van der Waals surface area contributed by atoms with Gasteiger partial charge in [0, 0.05) is 43.3 Å². The fourth-order valence-corrected chi connectivity index (χ4v) is 3.73. The molecule has 0 unspecified atom stereocenters. The van der Waals surface area contributed by atoms with E-state index < -0.39 is 15.8 Å². The van der Waals surface area contributed by atoms with Crippen LogP contribution >= 0.6 is 11.6 Å². The van der Waals surface area contributed by atoms with E-state index in [0.717, 1.165) is 0 Å².